The summed E-state index contributed by atoms with van der Waals surface area (Å²) in [7, 11) is 0. The number of fused-ring (bicyclic) bond motifs is 1. The molecule has 1 heterocycles. The molecule has 116 valence electrons. The molecule has 21 heavy (non-hydrogen) atoms. The standard InChI is InChI=1S/C18H28N2O/c1-3-16(19)18(14-7-5-4-6-12(14)2)20-10-13-8-9-17(21)15(13)11-20/h4-7,13,15-18,21H,3,8-11,19H2,1-2H3. The Kier molecular flexibility index (Phi) is 4.34. The molecule has 1 aromatic carbocycles. The van der Waals surface area contributed by atoms with Crippen molar-refractivity contribution in [3.63, 3.8) is 0 Å². The zero-order valence-corrected chi connectivity index (χ0v) is 13.2. The van der Waals surface area contributed by atoms with Crippen LogP contribution in [0.3, 0.4) is 0 Å². The number of nitrogens with zero attached hydrogens (tertiary/aromatic N) is 1. The fourth-order valence-corrected chi connectivity index (χ4v) is 4.34. The van der Waals surface area contributed by atoms with E-state index >= 15 is 0 Å². The average Bonchev–Trinajstić information content (AvgIpc) is 3.04. The summed E-state index contributed by atoms with van der Waals surface area (Å²) in [6.45, 7) is 6.44. The average molecular weight is 288 g/mol. The van der Waals surface area contributed by atoms with Gasteiger partial charge in [-0.2, -0.15) is 0 Å². The van der Waals surface area contributed by atoms with Crippen LogP contribution in [0, 0.1) is 18.8 Å². The molecule has 0 aromatic heterocycles. The zero-order chi connectivity index (χ0) is 15.0. The summed E-state index contributed by atoms with van der Waals surface area (Å²) in [6.07, 6.45) is 3.03. The van der Waals surface area contributed by atoms with E-state index in [1.165, 1.54) is 17.5 Å². The zero-order valence-electron chi connectivity index (χ0n) is 13.2. The van der Waals surface area contributed by atoms with Crippen molar-refractivity contribution in [2.75, 3.05) is 13.1 Å². The number of nitrogens with two attached hydrogens (primary N) is 1. The molecule has 1 saturated carbocycles. The molecule has 2 aliphatic rings. The third kappa shape index (κ3) is 2.75. The molecule has 0 radical (unpaired) electrons. The maximum Gasteiger partial charge on any atom is 0.0583 e. The van der Waals surface area contributed by atoms with Gasteiger partial charge in [-0.3, -0.25) is 4.90 Å². The first-order chi connectivity index (χ1) is 10.1. The van der Waals surface area contributed by atoms with E-state index < -0.39 is 0 Å². The predicted octanol–water partition coefficient (Wildman–Crippen LogP) is 2.48. The first kappa shape index (κ1) is 15.0. The molecule has 0 spiro atoms. The number of likely N-dealkylation sites (tertiary alicyclic amines) is 1. The highest BCUT2D eigenvalue weighted by Gasteiger charge is 2.44. The van der Waals surface area contributed by atoms with Gasteiger partial charge in [0.05, 0.1) is 12.1 Å². The SMILES string of the molecule is CCC(N)C(c1ccccc1C)N1CC2CCC(O)C2C1. The van der Waals surface area contributed by atoms with Gasteiger partial charge in [-0.1, -0.05) is 31.2 Å². The molecule has 3 N–H and O–H groups in total. The highest BCUT2D eigenvalue weighted by Crippen LogP contribution is 2.42. The topological polar surface area (TPSA) is 49.5 Å². The number of rotatable bonds is 4. The maximum absolute atomic E-state index is 10.2. The second-order valence-electron chi connectivity index (χ2n) is 6.90. The van der Waals surface area contributed by atoms with Gasteiger partial charge in [-0.15, -0.1) is 0 Å². The molecule has 1 saturated heterocycles. The van der Waals surface area contributed by atoms with E-state index in [1.807, 2.05) is 0 Å². The van der Waals surface area contributed by atoms with E-state index in [-0.39, 0.29) is 18.2 Å². The highest BCUT2D eigenvalue weighted by atomic mass is 16.3. The molecule has 2 fully saturated rings. The Hall–Kier alpha value is -0.900. The summed E-state index contributed by atoms with van der Waals surface area (Å²) in [4.78, 5) is 2.54. The fourth-order valence-electron chi connectivity index (χ4n) is 4.34. The van der Waals surface area contributed by atoms with Crippen LogP contribution in [-0.2, 0) is 0 Å². The summed E-state index contributed by atoms with van der Waals surface area (Å²) in [5.41, 5.74) is 9.16. The molecule has 1 aromatic rings. The van der Waals surface area contributed by atoms with Crippen LogP contribution in [-0.4, -0.2) is 35.2 Å². The number of hydrogen-bond acceptors (Lipinski definition) is 3. The second kappa shape index (κ2) is 6.07. The molecule has 0 bridgehead atoms. The Bertz CT molecular complexity index is 490. The lowest BCUT2D eigenvalue weighted by Crippen LogP contribution is -2.41. The molecule has 5 unspecified atom stereocenters. The molecular weight excluding hydrogens is 260 g/mol. The highest BCUT2D eigenvalue weighted by molar-refractivity contribution is 5.30. The van der Waals surface area contributed by atoms with E-state index in [2.05, 4.69) is 43.0 Å². The Balaban J connectivity index is 1.86. The lowest BCUT2D eigenvalue weighted by Gasteiger charge is -2.34. The first-order valence-electron chi connectivity index (χ1n) is 8.35. The van der Waals surface area contributed by atoms with Crippen molar-refractivity contribution in [1.82, 2.24) is 4.90 Å². The van der Waals surface area contributed by atoms with E-state index in [9.17, 15) is 5.11 Å². The van der Waals surface area contributed by atoms with Gasteiger partial charge in [0.1, 0.15) is 0 Å². The summed E-state index contributed by atoms with van der Waals surface area (Å²) in [6, 6.07) is 9.05. The number of hydrogen-bond donors (Lipinski definition) is 2. The van der Waals surface area contributed by atoms with Gasteiger partial charge in [0.2, 0.25) is 0 Å². The fraction of sp³-hybridized carbons (Fsp3) is 0.667. The number of aryl methyl sites for hydroxylation is 1. The third-order valence-electron chi connectivity index (χ3n) is 5.62. The minimum atomic E-state index is -0.102. The van der Waals surface area contributed by atoms with Crippen molar-refractivity contribution < 1.29 is 5.11 Å². The van der Waals surface area contributed by atoms with Crippen LogP contribution < -0.4 is 5.73 Å². The van der Waals surface area contributed by atoms with Gasteiger partial charge in [0.25, 0.3) is 0 Å². The molecule has 3 heteroatoms. The van der Waals surface area contributed by atoms with Crippen LogP contribution in [0.4, 0.5) is 0 Å². The lowest BCUT2D eigenvalue weighted by atomic mass is 9.93. The van der Waals surface area contributed by atoms with Crippen LogP contribution in [0.15, 0.2) is 24.3 Å². The van der Waals surface area contributed by atoms with Crippen LogP contribution in [0.25, 0.3) is 0 Å². The molecule has 3 nitrogen and oxygen atoms in total. The monoisotopic (exact) mass is 288 g/mol. The van der Waals surface area contributed by atoms with E-state index in [1.54, 1.807) is 0 Å². The second-order valence-corrected chi connectivity index (χ2v) is 6.90. The van der Waals surface area contributed by atoms with Gasteiger partial charge in [-0.05, 0) is 43.2 Å². The molecule has 0 amide bonds. The van der Waals surface area contributed by atoms with Gasteiger partial charge in [0, 0.05) is 25.0 Å². The summed E-state index contributed by atoms with van der Waals surface area (Å²) in [5.74, 6) is 1.12. The normalized spacial score (nSPS) is 32.1. The van der Waals surface area contributed by atoms with E-state index in [0.29, 0.717) is 11.8 Å². The molecule has 5 atom stereocenters. The minimum absolute atomic E-state index is 0.102. The van der Waals surface area contributed by atoms with E-state index in [0.717, 1.165) is 25.9 Å². The number of aliphatic hydroxyl groups excluding tert-OH is 1. The van der Waals surface area contributed by atoms with Gasteiger partial charge >= 0.3 is 0 Å². The van der Waals surface area contributed by atoms with Gasteiger partial charge in [0.15, 0.2) is 0 Å². The van der Waals surface area contributed by atoms with Crippen molar-refractivity contribution in [2.45, 2.75) is 51.3 Å². The number of benzene rings is 1. The van der Waals surface area contributed by atoms with Crippen LogP contribution in [0.5, 0.6) is 0 Å². The Morgan fingerprint density at radius 3 is 2.71 bits per heavy atom. The van der Waals surface area contributed by atoms with E-state index in [4.69, 9.17) is 5.73 Å². The van der Waals surface area contributed by atoms with Crippen molar-refractivity contribution in [2.24, 2.45) is 17.6 Å². The van der Waals surface area contributed by atoms with Crippen molar-refractivity contribution >= 4 is 0 Å². The van der Waals surface area contributed by atoms with Crippen molar-refractivity contribution in [3.05, 3.63) is 35.4 Å². The van der Waals surface area contributed by atoms with Crippen molar-refractivity contribution in [3.8, 4) is 0 Å². The Morgan fingerprint density at radius 2 is 2.05 bits per heavy atom. The lowest BCUT2D eigenvalue weighted by molar-refractivity contribution is 0.114. The number of aliphatic hydroxyl groups is 1. The molecule has 3 rings (SSSR count). The van der Waals surface area contributed by atoms with Crippen LogP contribution in [0.2, 0.25) is 0 Å². The predicted molar refractivity (Wildman–Crippen MR) is 86.0 cm³/mol. The van der Waals surface area contributed by atoms with Crippen LogP contribution >= 0.6 is 0 Å². The summed E-state index contributed by atoms with van der Waals surface area (Å²) >= 11 is 0. The van der Waals surface area contributed by atoms with Crippen molar-refractivity contribution in [1.29, 1.82) is 0 Å². The summed E-state index contributed by atoms with van der Waals surface area (Å²) in [5, 5.41) is 10.2. The molecular formula is C18H28N2O. The summed E-state index contributed by atoms with van der Waals surface area (Å²) < 4.78 is 0. The molecule has 1 aliphatic heterocycles. The van der Waals surface area contributed by atoms with Gasteiger partial charge in [-0.25, -0.2) is 0 Å². The largest absolute Gasteiger partial charge is 0.393 e. The Morgan fingerprint density at radius 1 is 1.29 bits per heavy atom. The third-order valence-corrected chi connectivity index (χ3v) is 5.62. The quantitative estimate of drug-likeness (QED) is 0.895. The Labute approximate surface area is 128 Å². The van der Waals surface area contributed by atoms with Crippen LogP contribution in [0.1, 0.15) is 43.4 Å². The molecule has 1 aliphatic carbocycles. The minimum Gasteiger partial charge on any atom is -0.393 e. The smallest absolute Gasteiger partial charge is 0.0583 e. The first-order valence-corrected chi connectivity index (χ1v) is 8.35. The maximum atomic E-state index is 10.2. The van der Waals surface area contributed by atoms with Gasteiger partial charge < -0.3 is 10.8 Å².